The minimum absolute atomic E-state index is 0.468. The summed E-state index contributed by atoms with van der Waals surface area (Å²) in [5, 5.41) is 7.03. The van der Waals surface area contributed by atoms with Gasteiger partial charge in [0, 0.05) is 45.6 Å². The first kappa shape index (κ1) is 15.2. The molecule has 1 fully saturated rings. The maximum Gasteiger partial charge on any atom is 0.246 e. The summed E-state index contributed by atoms with van der Waals surface area (Å²) in [6.07, 6.45) is 3.53. The zero-order chi connectivity index (χ0) is 16.1. The number of hydrogen-bond acceptors (Lipinski definition) is 7. The van der Waals surface area contributed by atoms with Crippen molar-refractivity contribution in [2.45, 2.75) is 13.5 Å². The molecule has 0 aliphatic carbocycles. The molecule has 2 aromatic rings. The van der Waals surface area contributed by atoms with Crippen LogP contribution < -0.4 is 10.2 Å². The second kappa shape index (κ2) is 7.03. The van der Waals surface area contributed by atoms with E-state index in [1.165, 1.54) is 0 Å². The Hall–Kier alpha value is -2.71. The third kappa shape index (κ3) is 3.74. The quantitative estimate of drug-likeness (QED) is 0.627. The Morgan fingerprint density at radius 2 is 2.00 bits per heavy atom. The average molecular weight is 316 g/mol. The van der Waals surface area contributed by atoms with Gasteiger partial charge in [0.1, 0.15) is 0 Å². The van der Waals surface area contributed by atoms with Gasteiger partial charge in [-0.1, -0.05) is 5.16 Å². The van der Waals surface area contributed by atoms with Gasteiger partial charge < -0.3 is 19.6 Å². The van der Waals surface area contributed by atoms with Gasteiger partial charge in [-0.25, -0.2) is 9.97 Å². The zero-order valence-electron chi connectivity index (χ0n) is 13.3. The number of aliphatic imine (C=N–C) groups is 1. The first-order valence-corrected chi connectivity index (χ1v) is 7.53. The van der Waals surface area contributed by atoms with Gasteiger partial charge >= 0.3 is 0 Å². The van der Waals surface area contributed by atoms with Gasteiger partial charge in [0.2, 0.25) is 11.8 Å². The van der Waals surface area contributed by atoms with Gasteiger partial charge in [-0.3, -0.25) is 4.99 Å². The summed E-state index contributed by atoms with van der Waals surface area (Å²) in [5.41, 5.74) is 0. The minimum atomic E-state index is 0.468. The molecule has 9 nitrogen and oxygen atoms in total. The molecule has 0 amide bonds. The molecule has 9 heteroatoms. The molecule has 3 heterocycles. The summed E-state index contributed by atoms with van der Waals surface area (Å²) in [5.74, 6) is 2.79. The lowest BCUT2D eigenvalue weighted by Gasteiger charge is -2.36. The predicted octanol–water partition coefficient (Wildman–Crippen LogP) is 0.0656. The van der Waals surface area contributed by atoms with Crippen LogP contribution in [0.5, 0.6) is 0 Å². The summed E-state index contributed by atoms with van der Waals surface area (Å²) in [6.45, 7) is 5.67. The minimum Gasteiger partial charge on any atom is -0.347 e. The molecule has 3 rings (SSSR count). The summed E-state index contributed by atoms with van der Waals surface area (Å²) in [4.78, 5) is 21.5. The lowest BCUT2D eigenvalue weighted by atomic mass is 10.3. The molecule has 0 aromatic carbocycles. The number of anilines is 1. The highest BCUT2D eigenvalue weighted by Gasteiger charge is 2.21. The summed E-state index contributed by atoms with van der Waals surface area (Å²) in [7, 11) is 1.77. The summed E-state index contributed by atoms with van der Waals surface area (Å²) in [6, 6.07) is 1.82. The molecule has 1 N–H and O–H groups in total. The highest BCUT2D eigenvalue weighted by Crippen LogP contribution is 2.09. The normalized spacial score (nSPS) is 15.8. The van der Waals surface area contributed by atoms with E-state index in [2.05, 4.69) is 40.2 Å². The van der Waals surface area contributed by atoms with E-state index in [1.54, 1.807) is 26.4 Å². The van der Waals surface area contributed by atoms with Gasteiger partial charge in [0.15, 0.2) is 11.8 Å². The fourth-order valence-electron chi connectivity index (χ4n) is 2.47. The number of nitrogens with one attached hydrogen (secondary N) is 1. The van der Waals surface area contributed by atoms with Crippen LogP contribution in [0.4, 0.5) is 5.95 Å². The molecule has 2 aromatic heterocycles. The van der Waals surface area contributed by atoms with Crippen molar-refractivity contribution in [2.75, 3.05) is 38.1 Å². The van der Waals surface area contributed by atoms with Crippen LogP contribution in [0.25, 0.3) is 0 Å². The van der Waals surface area contributed by atoms with E-state index in [-0.39, 0.29) is 0 Å². The lowest BCUT2D eigenvalue weighted by Crippen LogP contribution is -2.52. The zero-order valence-corrected chi connectivity index (χ0v) is 13.3. The molecule has 1 aliphatic rings. The van der Waals surface area contributed by atoms with Crippen molar-refractivity contribution in [1.82, 2.24) is 30.3 Å². The van der Waals surface area contributed by atoms with Crippen molar-refractivity contribution >= 4 is 11.9 Å². The number of guanidine groups is 1. The van der Waals surface area contributed by atoms with E-state index in [4.69, 9.17) is 4.52 Å². The van der Waals surface area contributed by atoms with Crippen LogP contribution in [0.2, 0.25) is 0 Å². The van der Waals surface area contributed by atoms with Crippen LogP contribution in [-0.4, -0.2) is 64.2 Å². The molecular weight excluding hydrogens is 296 g/mol. The fourth-order valence-corrected chi connectivity index (χ4v) is 2.47. The van der Waals surface area contributed by atoms with Crippen LogP contribution in [0.3, 0.4) is 0 Å². The standard InChI is InChI=1S/C14H20N8O/c1-11-19-12(23-20-11)10-18-13(15-2)21-6-8-22(9-7-21)14-16-4-3-5-17-14/h3-5H,6-10H2,1-2H3,(H,15,18). The molecule has 0 atom stereocenters. The third-order valence-corrected chi connectivity index (χ3v) is 3.59. The summed E-state index contributed by atoms with van der Waals surface area (Å²) >= 11 is 0. The first-order chi connectivity index (χ1) is 11.3. The van der Waals surface area contributed by atoms with Crippen LogP contribution in [0.1, 0.15) is 11.7 Å². The molecule has 0 saturated carbocycles. The molecule has 1 aliphatic heterocycles. The van der Waals surface area contributed by atoms with Gasteiger partial charge in [0.05, 0.1) is 6.54 Å². The number of nitrogens with zero attached hydrogens (tertiary/aromatic N) is 7. The van der Waals surface area contributed by atoms with Crippen molar-refractivity contribution < 1.29 is 4.52 Å². The van der Waals surface area contributed by atoms with Crippen molar-refractivity contribution in [3.63, 3.8) is 0 Å². The van der Waals surface area contributed by atoms with E-state index in [1.807, 2.05) is 6.07 Å². The Morgan fingerprint density at radius 3 is 2.61 bits per heavy atom. The molecule has 0 unspecified atom stereocenters. The Bertz CT molecular complexity index is 648. The number of rotatable bonds is 3. The molecule has 1 saturated heterocycles. The van der Waals surface area contributed by atoms with Gasteiger partial charge in [0.25, 0.3) is 0 Å². The number of piperazine rings is 1. The number of aryl methyl sites for hydroxylation is 1. The highest BCUT2D eigenvalue weighted by molar-refractivity contribution is 5.80. The van der Waals surface area contributed by atoms with Crippen molar-refractivity contribution in [3.05, 3.63) is 30.2 Å². The molecule has 0 radical (unpaired) electrons. The van der Waals surface area contributed by atoms with Gasteiger partial charge in [-0.2, -0.15) is 4.98 Å². The third-order valence-electron chi connectivity index (χ3n) is 3.59. The van der Waals surface area contributed by atoms with Gasteiger partial charge in [-0.15, -0.1) is 0 Å². The van der Waals surface area contributed by atoms with Gasteiger partial charge in [-0.05, 0) is 13.0 Å². The topological polar surface area (TPSA) is 95.6 Å². The van der Waals surface area contributed by atoms with E-state index < -0.39 is 0 Å². The Balaban J connectivity index is 1.53. The van der Waals surface area contributed by atoms with Crippen LogP contribution in [0.15, 0.2) is 28.0 Å². The first-order valence-electron chi connectivity index (χ1n) is 7.53. The molecule has 0 spiro atoms. The van der Waals surface area contributed by atoms with Crippen LogP contribution in [-0.2, 0) is 6.54 Å². The lowest BCUT2D eigenvalue weighted by molar-refractivity contribution is 0.352. The number of hydrogen-bond donors (Lipinski definition) is 1. The van der Waals surface area contributed by atoms with Crippen LogP contribution in [0, 0.1) is 6.92 Å². The Kier molecular flexibility index (Phi) is 4.65. The largest absolute Gasteiger partial charge is 0.347 e. The smallest absolute Gasteiger partial charge is 0.246 e. The SMILES string of the molecule is CN=C(NCc1nc(C)no1)N1CCN(c2ncccn2)CC1. The highest BCUT2D eigenvalue weighted by atomic mass is 16.5. The average Bonchev–Trinajstić information content (AvgIpc) is 3.02. The van der Waals surface area contributed by atoms with E-state index in [0.717, 1.165) is 38.1 Å². The summed E-state index contributed by atoms with van der Waals surface area (Å²) < 4.78 is 5.10. The maximum absolute atomic E-state index is 5.10. The molecule has 23 heavy (non-hydrogen) atoms. The van der Waals surface area contributed by atoms with E-state index in [9.17, 15) is 0 Å². The second-order valence-corrected chi connectivity index (χ2v) is 5.16. The van der Waals surface area contributed by atoms with Crippen molar-refractivity contribution in [3.8, 4) is 0 Å². The van der Waals surface area contributed by atoms with Crippen molar-refractivity contribution in [1.29, 1.82) is 0 Å². The van der Waals surface area contributed by atoms with Crippen molar-refractivity contribution in [2.24, 2.45) is 4.99 Å². The molecule has 122 valence electrons. The Morgan fingerprint density at radius 1 is 1.26 bits per heavy atom. The number of aromatic nitrogens is 4. The van der Waals surface area contributed by atoms with E-state index in [0.29, 0.717) is 18.3 Å². The van der Waals surface area contributed by atoms with Crippen LogP contribution >= 0.6 is 0 Å². The maximum atomic E-state index is 5.10. The Labute approximate surface area is 134 Å². The predicted molar refractivity (Wildman–Crippen MR) is 85.1 cm³/mol. The monoisotopic (exact) mass is 316 g/mol. The second-order valence-electron chi connectivity index (χ2n) is 5.16. The molecular formula is C14H20N8O. The fraction of sp³-hybridized carbons (Fsp3) is 0.500. The molecule has 0 bridgehead atoms. The van der Waals surface area contributed by atoms with E-state index >= 15 is 0 Å².